The summed E-state index contributed by atoms with van der Waals surface area (Å²) in [5.41, 5.74) is 0. The highest BCUT2D eigenvalue weighted by Gasteiger charge is 1.88. The molecule has 0 heterocycles. The maximum absolute atomic E-state index is 10.4. The Labute approximate surface area is 87.3 Å². The summed E-state index contributed by atoms with van der Waals surface area (Å²) in [4.78, 5) is 10.4. The molecule has 0 atom stereocenters. The van der Waals surface area contributed by atoms with Gasteiger partial charge in [-0.1, -0.05) is 39.0 Å². The van der Waals surface area contributed by atoms with Crippen LogP contribution in [0.25, 0.3) is 0 Å². The fourth-order valence-corrected chi connectivity index (χ4v) is 1.25. The number of carbonyl (C=O) groups is 1. The highest BCUT2D eigenvalue weighted by molar-refractivity contribution is 5.66. The maximum Gasteiger partial charge on any atom is 0.307 e. The van der Waals surface area contributed by atoms with E-state index in [1.165, 1.54) is 51.7 Å². The van der Waals surface area contributed by atoms with Crippen LogP contribution in [0.5, 0.6) is 0 Å². The summed E-state index contributed by atoms with van der Waals surface area (Å²) in [7, 11) is 0. The number of esters is 1. The van der Waals surface area contributed by atoms with Crippen LogP contribution in [0.4, 0.5) is 0 Å². The van der Waals surface area contributed by atoms with Crippen LogP contribution in [0, 0.1) is 0 Å². The molecule has 0 saturated carbocycles. The van der Waals surface area contributed by atoms with Gasteiger partial charge in [0.1, 0.15) is 0 Å². The average molecular weight is 198 g/mol. The second-order valence-corrected chi connectivity index (χ2v) is 3.54. The highest BCUT2D eigenvalue weighted by Crippen LogP contribution is 2.06. The topological polar surface area (TPSA) is 26.3 Å². The quantitative estimate of drug-likeness (QED) is 0.337. The first kappa shape index (κ1) is 13.2. The Morgan fingerprint density at radius 1 is 1.14 bits per heavy atom. The molecule has 0 aliphatic rings. The van der Waals surface area contributed by atoms with Gasteiger partial charge in [-0.05, 0) is 18.9 Å². The van der Waals surface area contributed by atoms with Crippen molar-refractivity contribution in [3.05, 3.63) is 12.3 Å². The molecule has 0 rings (SSSR count). The number of rotatable bonds is 8. The van der Waals surface area contributed by atoms with Gasteiger partial charge in [0.25, 0.3) is 0 Å². The van der Waals surface area contributed by atoms with E-state index in [0.717, 1.165) is 6.42 Å². The molecule has 0 aromatic rings. The molecule has 0 unspecified atom stereocenters. The van der Waals surface area contributed by atoms with Crippen LogP contribution in [0.3, 0.4) is 0 Å². The Morgan fingerprint density at radius 2 is 1.79 bits per heavy atom. The summed E-state index contributed by atoms with van der Waals surface area (Å²) in [5, 5.41) is 0. The van der Waals surface area contributed by atoms with Gasteiger partial charge in [-0.25, -0.2) is 0 Å². The van der Waals surface area contributed by atoms with Crippen molar-refractivity contribution in [2.24, 2.45) is 0 Å². The maximum atomic E-state index is 10.4. The van der Waals surface area contributed by atoms with Gasteiger partial charge < -0.3 is 4.74 Å². The van der Waals surface area contributed by atoms with Crippen molar-refractivity contribution in [2.75, 3.05) is 0 Å². The zero-order valence-corrected chi connectivity index (χ0v) is 9.42. The smallest absolute Gasteiger partial charge is 0.307 e. The molecule has 0 aliphatic heterocycles. The lowest BCUT2D eigenvalue weighted by molar-refractivity contribution is -0.135. The number of hydrogen-bond donors (Lipinski definition) is 0. The summed E-state index contributed by atoms with van der Waals surface area (Å²) >= 11 is 0. The first-order valence-electron chi connectivity index (χ1n) is 5.59. The third-order valence-electron chi connectivity index (χ3n) is 2.05. The van der Waals surface area contributed by atoms with Crippen LogP contribution < -0.4 is 0 Å². The first-order valence-corrected chi connectivity index (χ1v) is 5.59. The SMILES string of the molecule is CCCCCCCC/C=C\OC(C)=O. The molecule has 0 bridgehead atoms. The molecule has 0 aliphatic carbocycles. The molecule has 2 heteroatoms. The van der Waals surface area contributed by atoms with Gasteiger partial charge in [-0.15, -0.1) is 0 Å². The fraction of sp³-hybridized carbons (Fsp3) is 0.750. The summed E-state index contributed by atoms with van der Waals surface area (Å²) in [6.45, 7) is 3.64. The third-order valence-corrected chi connectivity index (χ3v) is 2.05. The van der Waals surface area contributed by atoms with Gasteiger partial charge in [0.05, 0.1) is 6.26 Å². The Morgan fingerprint density at radius 3 is 2.43 bits per heavy atom. The van der Waals surface area contributed by atoms with E-state index < -0.39 is 0 Å². The van der Waals surface area contributed by atoms with Gasteiger partial charge in [0.2, 0.25) is 0 Å². The molecule has 0 fully saturated rings. The van der Waals surface area contributed by atoms with Crippen molar-refractivity contribution in [1.29, 1.82) is 0 Å². The molecule has 0 aromatic carbocycles. The van der Waals surface area contributed by atoms with Crippen LogP contribution >= 0.6 is 0 Å². The molecule has 0 aromatic heterocycles. The van der Waals surface area contributed by atoms with Crippen LogP contribution in [0.1, 0.15) is 58.8 Å². The van der Waals surface area contributed by atoms with E-state index >= 15 is 0 Å². The minimum Gasteiger partial charge on any atom is -0.435 e. The lowest BCUT2D eigenvalue weighted by atomic mass is 10.1. The minimum absolute atomic E-state index is 0.246. The average Bonchev–Trinajstić information content (AvgIpc) is 2.15. The molecule has 0 saturated heterocycles. The van der Waals surface area contributed by atoms with Gasteiger partial charge in [-0.3, -0.25) is 4.79 Å². The Hall–Kier alpha value is -0.790. The Balaban J connectivity index is 3.05. The van der Waals surface area contributed by atoms with Gasteiger partial charge >= 0.3 is 5.97 Å². The lowest BCUT2D eigenvalue weighted by Crippen LogP contribution is -1.89. The zero-order valence-electron chi connectivity index (χ0n) is 9.42. The standard InChI is InChI=1S/C12H22O2/c1-3-4-5-6-7-8-9-10-11-14-12(2)13/h10-11H,3-9H2,1-2H3/b11-10-. The van der Waals surface area contributed by atoms with Crippen LogP contribution in [0.15, 0.2) is 12.3 Å². The molecule has 0 amide bonds. The van der Waals surface area contributed by atoms with Crippen molar-refractivity contribution in [1.82, 2.24) is 0 Å². The predicted molar refractivity (Wildman–Crippen MR) is 58.9 cm³/mol. The number of unbranched alkanes of at least 4 members (excludes halogenated alkanes) is 6. The van der Waals surface area contributed by atoms with Gasteiger partial charge in [-0.2, -0.15) is 0 Å². The minimum atomic E-state index is -0.246. The number of ether oxygens (including phenoxy) is 1. The van der Waals surface area contributed by atoms with E-state index in [2.05, 4.69) is 11.7 Å². The van der Waals surface area contributed by atoms with Crippen molar-refractivity contribution in [3.63, 3.8) is 0 Å². The van der Waals surface area contributed by atoms with Crippen molar-refractivity contribution >= 4 is 5.97 Å². The molecule has 0 N–H and O–H groups in total. The number of allylic oxidation sites excluding steroid dienone is 1. The molecular weight excluding hydrogens is 176 g/mol. The predicted octanol–water partition coefficient (Wildman–Crippen LogP) is 3.81. The summed E-state index contributed by atoms with van der Waals surface area (Å²) < 4.78 is 4.67. The molecule has 14 heavy (non-hydrogen) atoms. The highest BCUT2D eigenvalue weighted by atomic mass is 16.5. The Kier molecular flexibility index (Phi) is 9.71. The lowest BCUT2D eigenvalue weighted by Gasteiger charge is -1.97. The molecule has 0 radical (unpaired) electrons. The van der Waals surface area contributed by atoms with Crippen molar-refractivity contribution < 1.29 is 9.53 Å². The van der Waals surface area contributed by atoms with Crippen LogP contribution in [-0.2, 0) is 9.53 Å². The fourth-order valence-electron chi connectivity index (χ4n) is 1.25. The monoisotopic (exact) mass is 198 g/mol. The molecular formula is C12H22O2. The normalized spacial score (nSPS) is 10.7. The van der Waals surface area contributed by atoms with Gasteiger partial charge in [0, 0.05) is 6.92 Å². The van der Waals surface area contributed by atoms with E-state index in [0.29, 0.717) is 0 Å². The zero-order chi connectivity index (χ0) is 10.6. The summed E-state index contributed by atoms with van der Waals surface area (Å²) in [6, 6.07) is 0. The van der Waals surface area contributed by atoms with Crippen molar-refractivity contribution in [2.45, 2.75) is 58.8 Å². The third kappa shape index (κ3) is 11.2. The second kappa shape index (κ2) is 10.3. The molecule has 0 spiro atoms. The number of carbonyl (C=O) groups excluding carboxylic acids is 1. The van der Waals surface area contributed by atoms with E-state index in [1.54, 1.807) is 0 Å². The largest absolute Gasteiger partial charge is 0.435 e. The number of hydrogen-bond acceptors (Lipinski definition) is 2. The van der Waals surface area contributed by atoms with E-state index in [-0.39, 0.29) is 5.97 Å². The Bertz CT molecular complexity index is 162. The van der Waals surface area contributed by atoms with Crippen LogP contribution in [0.2, 0.25) is 0 Å². The van der Waals surface area contributed by atoms with Crippen LogP contribution in [-0.4, -0.2) is 5.97 Å². The van der Waals surface area contributed by atoms with E-state index in [4.69, 9.17) is 0 Å². The second-order valence-electron chi connectivity index (χ2n) is 3.54. The van der Waals surface area contributed by atoms with E-state index in [9.17, 15) is 4.79 Å². The van der Waals surface area contributed by atoms with E-state index in [1.807, 2.05) is 6.08 Å². The van der Waals surface area contributed by atoms with Gasteiger partial charge in [0.15, 0.2) is 0 Å². The summed E-state index contributed by atoms with van der Waals surface area (Å²) in [6.07, 6.45) is 12.2. The first-order chi connectivity index (χ1) is 6.77. The molecule has 82 valence electrons. The van der Waals surface area contributed by atoms with Crippen molar-refractivity contribution in [3.8, 4) is 0 Å². The molecule has 2 nitrogen and oxygen atoms in total. The summed E-state index contributed by atoms with van der Waals surface area (Å²) in [5.74, 6) is -0.246.